The van der Waals surface area contributed by atoms with Crippen LogP contribution in [0.15, 0.2) is 12.4 Å². The van der Waals surface area contributed by atoms with Gasteiger partial charge in [0, 0.05) is 38.2 Å². The number of ketones is 1. The maximum absolute atomic E-state index is 12.7. The quantitative estimate of drug-likeness (QED) is 0.782. The summed E-state index contributed by atoms with van der Waals surface area (Å²) < 4.78 is 1.65. The van der Waals surface area contributed by atoms with Gasteiger partial charge in [-0.15, -0.1) is 0 Å². The fraction of sp³-hybridized carbons (Fsp3) is 0.706. The van der Waals surface area contributed by atoms with E-state index >= 15 is 0 Å². The molecule has 1 saturated heterocycles. The minimum Gasteiger partial charge on any atom is -0.339 e. The molecule has 0 aromatic carbocycles. The molecule has 2 aliphatic carbocycles. The van der Waals surface area contributed by atoms with Gasteiger partial charge in [0.15, 0.2) is 5.78 Å². The second-order valence-electron chi connectivity index (χ2n) is 7.20. The third-order valence-corrected chi connectivity index (χ3v) is 5.49. The van der Waals surface area contributed by atoms with Crippen molar-refractivity contribution in [2.75, 3.05) is 6.54 Å². The Balaban J connectivity index is 1.38. The molecule has 1 amide bonds. The molecule has 22 heavy (non-hydrogen) atoms. The molecule has 5 heteroatoms. The van der Waals surface area contributed by atoms with Crippen LogP contribution in [0.3, 0.4) is 0 Å². The van der Waals surface area contributed by atoms with E-state index in [4.69, 9.17) is 0 Å². The van der Waals surface area contributed by atoms with Crippen molar-refractivity contribution < 1.29 is 9.59 Å². The van der Waals surface area contributed by atoms with Gasteiger partial charge in [0.1, 0.15) is 0 Å². The lowest BCUT2D eigenvalue weighted by Gasteiger charge is -2.24. The van der Waals surface area contributed by atoms with E-state index in [-0.39, 0.29) is 17.7 Å². The molecule has 0 unspecified atom stereocenters. The molecule has 2 saturated carbocycles. The fourth-order valence-electron chi connectivity index (χ4n) is 3.99. The van der Waals surface area contributed by atoms with Gasteiger partial charge in [0.25, 0.3) is 0 Å². The number of carbonyl (C=O) groups is 2. The molecule has 3 atom stereocenters. The zero-order valence-corrected chi connectivity index (χ0v) is 13.1. The second kappa shape index (κ2) is 5.21. The average Bonchev–Trinajstić information content (AvgIpc) is 3.38. The largest absolute Gasteiger partial charge is 0.339 e. The minimum atomic E-state index is 0.0978. The molecule has 0 spiro atoms. The molecule has 4 rings (SSSR count). The van der Waals surface area contributed by atoms with Crippen molar-refractivity contribution in [3.8, 4) is 0 Å². The third kappa shape index (κ3) is 2.57. The van der Waals surface area contributed by atoms with Crippen LogP contribution in [0.5, 0.6) is 0 Å². The summed E-state index contributed by atoms with van der Waals surface area (Å²) in [5.41, 5.74) is 0.657. The Labute approximate surface area is 130 Å². The van der Waals surface area contributed by atoms with Gasteiger partial charge in [0.05, 0.1) is 11.8 Å². The molecule has 118 valence electrons. The molecule has 5 nitrogen and oxygen atoms in total. The van der Waals surface area contributed by atoms with E-state index in [9.17, 15) is 9.59 Å². The van der Waals surface area contributed by atoms with Crippen molar-refractivity contribution in [2.45, 2.75) is 44.6 Å². The van der Waals surface area contributed by atoms with Crippen molar-refractivity contribution >= 4 is 11.7 Å². The minimum absolute atomic E-state index is 0.0978. The van der Waals surface area contributed by atoms with Crippen LogP contribution in [0.2, 0.25) is 0 Å². The number of rotatable bonds is 5. The van der Waals surface area contributed by atoms with Crippen molar-refractivity contribution in [3.05, 3.63) is 18.0 Å². The molecule has 0 bridgehead atoms. The Morgan fingerprint density at radius 3 is 2.82 bits per heavy atom. The first kappa shape index (κ1) is 14.0. The highest BCUT2D eigenvalue weighted by Crippen LogP contribution is 2.55. The Bertz CT molecular complexity index is 605. The molecule has 3 fully saturated rings. The Kier molecular flexibility index (Phi) is 3.31. The van der Waals surface area contributed by atoms with Crippen molar-refractivity contribution in [3.63, 3.8) is 0 Å². The number of aromatic nitrogens is 2. The third-order valence-electron chi connectivity index (χ3n) is 5.49. The summed E-state index contributed by atoms with van der Waals surface area (Å²) in [4.78, 5) is 27.0. The molecule has 1 aromatic rings. The predicted molar refractivity (Wildman–Crippen MR) is 81.2 cm³/mol. The van der Waals surface area contributed by atoms with Crippen LogP contribution in [-0.2, 0) is 11.8 Å². The van der Waals surface area contributed by atoms with E-state index in [2.05, 4.69) is 5.10 Å². The molecular weight excluding hydrogens is 278 g/mol. The smallest absolute Gasteiger partial charge is 0.226 e. The van der Waals surface area contributed by atoms with Crippen molar-refractivity contribution in [1.29, 1.82) is 0 Å². The summed E-state index contributed by atoms with van der Waals surface area (Å²) in [5, 5.41) is 4.06. The second-order valence-corrected chi connectivity index (χ2v) is 7.20. The van der Waals surface area contributed by atoms with E-state index in [0.717, 1.165) is 31.7 Å². The molecule has 1 aliphatic heterocycles. The summed E-state index contributed by atoms with van der Waals surface area (Å²) >= 11 is 0. The monoisotopic (exact) mass is 301 g/mol. The summed E-state index contributed by atoms with van der Waals surface area (Å²) in [6.45, 7) is 0.831. The van der Waals surface area contributed by atoms with E-state index in [1.807, 2.05) is 11.9 Å². The number of amides is 1. The van der Waals surface area contributed by atoms with Gasteiger partial charge in [0.2, 0.25) is 5.91 Å². The lowest BCUT2D eigenvalue weighted by Crippen LogP contribution is -2.38. The number of Topliss-reactive ketones (excluding diaryl/α,β-unsaturated/α-hetero) is 1. The van der Waals surface area contributed by atoms with Gasteiger partial charge in [-0.25, -0.2) is 0 Å². The maximum Gasteiger partial charge on any atom is 0.226 e. The standard InChI is InChI=1S/C17H23N3O2/c1-19-10-12(9-18-19)16(21)7-13-3-2-6-20(13)17(22)15-8-14(15)11-4-5-11/h9-11,13-15H,2-8H2,1H3/t13-,14+,15+/m0/s1. The van der Waals surface area contributed by atoms with Gasteiger partial charge in [-0.05, 0) is 43.9 Å². The van der Waals surface area contributed by atoms with Crippen LogP contribution >= 0.6 is 0 Å². The van der Waals surface area contributed by atoms with E-state index in [1.165, 1.54) is 12.8 Å². The number of nitrogens with zero attached hydrogens (tertiary/aromatic N) is 3. The summed E-state index contributed by atoms with van der Waals surface area (Å²) in [5.74, 6) is 2.17. The van der Waals surface area contributed by atoms with Crippen molar-refractivity contribution in [1.82, 2.24) is 14.7 Å². The van der Waals surface area contributed by atoms with Gasteiger partial charge in [-0.2, -0.15) is 5.10 Å². The predicted octanol–water partition coefficient (Wildman–Crippen LogP) is 2.03. The van der Waals surface area contributed by atoms with E-state index < -0.39 is 0 Å². The van der Waals surface area contributed by atoms with E-state index in [1.54, 1.807) is 17.1 Å². The first-order chi connectivity index (χ1) is 10.6. The van der Waals surface area contributed by atoms with Crippen LogP contribution in [0.25, 0.3) is 0 Å². The number of hydrogen-bond donors (Lipinski definition) is 0. The highest BCUT2D eigenvalue weighted by molar-refractivity contribution is 5.96. The highest BCUT2D eigenvalue weighted by atomic mass is 16.2. The van der Waals surface area contributed by atoms with Crippen LogP contribution in [0.4, 0.5) is 0 Å². The zero-order valence-electron chi connectivity index (χ0n) is 13.1. The SMILES string of the molecule is Cn1cc(C(=O)C[C@@H]2CCCN2C(=O)[C@@H]2C[C@@H]2C2CC2)cn1. The first-order valence-electron chi connectivity index (χ1n) is 8.46. The Morgan fingerprint density at radius 1 is 1.32 bits per heavy atom. The van der Waals surface area contributed by atoms with Gasteiger partial charge >= 0.3 is 0 Å². The Morgan fingerprint density at radius 2 is 2.14 bits per heavy atom. The molecule has 3 aliphatic rings. The molecule has 0 N–H and O–H groups in total. The normalized spacial score (nSPS) is 30.6. The first-order valence-corrected chi connectivity index (χ1v) is 8.46. The molecule has 1 aromatic heterocycles. The van der Waals surface area contributed by atoms with Crippen LogP contribution in [-0.4, -0.2) is 39.0 Å². The molecule has 0 radical (unpaired) electrons. The zero-order chi connectivity index (χ0) is 15.3. The number of carbonyl (C=O) groups excluding carboxylic acids is 2. The summed E-state index contributed by atoms with van der Waals surface area (Å²) in [6.07, 6.45) is 9.52. The summed E-state index contributed by atoms with van der Waals surface area (Å²) in [7, 11) is 1.81. The Hall–Kier alpha value is -1.65. The van der Waals surface area contributed by atoms with Gasteiger partial charge < -0.3 is 4.90 Å². The molecule has 2 heterocycles. The number of aryl methyl sites for hydroxylation is 1. The molecular formula is C17H23N3O2. The van der Waals surface area contributed by atoms with Crippen molar-refractivity contribution in [2.24, 2.45) is 24.8 Å². The van der Waals surface area contributed by atoms with Crippen LogP contribution in [0.1, 0.15) is 48.9 Å². The number of likely N-dealkylation sites (tertiary alicyclic amines) is 1. The number of hydrogen-bond acceptors (Lipinski definition) is 3. The lowest BCUT2D eigenvalue weighted by molar-refractivity contribution is -0.133. The lowest BCUT2D eigenvalue weighted by atomic mass is 10.0. The van der Waals surface area contributed by atoms with Crippen LogP contribution in [0, 0.1) is 17.8 Å². The summed E-state index contributed by atoms with van der Waals surface area (Å²) in [6, 6.07) is 0.0978. The van der Waals surface area contributed by atoms with E-state index in [0.29, 0.717) is 23.8 Å². The fourth-order valence-corrected chi connectivity index (χ4v) is 3.99. The maximum atomic E-state index is 12.7. The topological polar surface area (TPSA) is 55.2 Å². The highest BCUT2D eigenvalue weighted by Gasteiger charge is 2.53. The average molecular weight is 301 g/mol. The van der Waals surface area contributed by atoms with Crippen LogP contribution < -0.4 is 0 Å². The van der Waals surface area contributed by atoms with Gasteiger partial charge in [-0.3, -0.25) is 14.3 Å². The van der Waals surface area contributed by atoms with Gasteiger partial charge in [-0.1, -0.05) is 0 Å².